The first-order valence-electron chi connectivity index (χ1n) is 11.5. The fourth-order valence-electron chi connectivity index (χ4n) is 3.55. The van der Waals surface area contributed by atoms with Crippen molar-refractivity contribution in [2.45, 2.75) is 19.1 Å². The summed E-state index contributed by atoms with van der Waals surface area (Å²) in [5, 5.41) is 17.7. The second-order valence-electron chi connectivity index (χ2n) is 7.78. The fourth-order valence-corrected chi connectivity index (χ4v) is 3.55. The average molecular weight is 537 g/mol. The molecule has 0 saturated carbocycles. The summed E-state index contributed by atoms with van der Waals surface area (Å²) in [6, 6.07) is 19.2. The third-order valence-electron chi connectivity index (χ3n) is 5.19. The summed E-state index contributed by atoms with van der Waals surface area (Å²) in [6.07, 6.45) is 0.977. The minimum Gasteiger partial charge on any atom is -0.489 e. The van der Waals surface area contributed by atoms with Gasteiger partial charge in [0, 0.05) is 64.9 Å². The number of nitrogens with one attached hydrogen (secondary N) is 5. The van der Waals surface area contributed by atoms with E-state index >= 15 is 0 Å². The normalized spacial score (nSPS) is 18.8. The first-order chi connectivity index (χ1) is 16.3. The topological polar surface area (TPSA) is 69.4 Å². The van der Waals surface area contributed by atoms with E-state index in [1.54, 1.807) is 0 Å². The molecule has 2 aromatic rings. The molecule has 0 aromatic heterocycles. The molecular weight excluding hydrogens is 500 g/mol. The van der Waals surface area contributed by atoms with Crippen LogP contribution in [-0.2, 0) is 26.2 Å². The van der Waals surface area contributed by atoms with Gasteiger partial charge in [0.05, 0.1) is 0 Å². The zero-order valence-electron chi connectivity index (χ0n) is 19.1. The Bertz CT molecular complexity index is 713. The van der Waals surface area contributed by atoms with Gasteiger partial charge in [-0.05, 0) is 29.7 Å². The molecule has 6 nitrogen and oxygen atoms in total. The van der Waals surface area contributed by atoms with E-state index in [-0.39, 0.29) is 13.1 Å². The van der Waals surface area contributed by atoms with E-state index in [1.807, 2.05) is 24.3 Å². The van der Waals surface area contributed by atoms with E-state index in [1.165, 1.54) is 11.1 Å². The van der Waals surface area contributed by atoms with Crippen LogP contribution in [0.25, 0.3) is 0 Å². The average Bonchev–Trinajstić information content (AvgIpc) is 2.85. The summed E-state index contributed by atoms with van der Waals surface area (Å²) < 4.78 is 6.01. The molecule has 1 aliphatic rings. The molecule has 33 heavy (non-hydrogen) atoms. The SMILES string of the molecule is [Cl][Mn][Cl].c1ccc(COc2cccc(CC3CNCCNCCNCCNCCN3)c2)cc1. The molecule has 0 bridgehead atoms. The molecule has 9 heteroatoms. The van der Waals surface area contributed by atoms with Gasteiger partial charge < -0.3 is 31.3 Å². The standard InChI is InChI=1S/C24H37N5O.2ClH.Mn/c1-2-5-21(6-3-1)20-30-24-8-4-7-22(18-24)17-23-19-28-14-13-26-10-9-25-11-12-27-15-16-29-23;;;/h1-8,18,23,25-29H,9-17,19-20H2;2*1H;/q;;;+2/p-2. The van der Waals surface area contributed by atoms with Gasteiger partial charge in [0.25, 0.3) is 0 Å². The first kappa shape index (κ1) is 28.4. The van der Waals surface area contributed by atoms with Crippen LogP contribution in [0.5, 0.6) is 5.75 Å². The van der Waals surface area contributed by atoms with Crippen LogP contribution in [0.15, 0.2) is 54.6 Å². The van der Waals surface area contributed by atoms with E-state index in [9.17, 15) is 0 Å². The monoisotopic (exact) mass is 536 g/mol. The molecule has 1 heterocycles. The molecule has 5 N–H and O–H groups in total. The van der Waals surface area contributed by atoms with Crippen molar-refractivity contribution >= 4 is 20.2 Å². The van der Waals surface area contributed by atoms with Crippen LogP contribution >= 0.6 is 20.2 Å². The molecule has 1 unspecified atom stereocenters. The van der Waals surface area contributed by atoms with Gasteiger partial charge in [0.15, 0.2) is 0 Å². The van der Waals surface area contributed by atoms with Crippen LogP contribution in [0.4, 0.5) is 0 Å². The molecule has 0 spiro atoms. The summed E-state index contributed by atoms with van der Waals surface area (Å²) in [4.78, 5) is 0. The number of halogens is 2. The largest absolute Gasteiger partial charge is 0.489 e. The van der Waals surface area contributed by atoms with Gasteiger partial charge in [-0.2, -0.15) is 0 Å². The van der Waals surface area contributed by atoms with Crippen LogP contribution in [0.3, 0.4) is 0 Å². The Kier molecular flexibility index (Phi) is 16.7. The van der Waals surface area contributed by atoms with Crippen LogP contribution in [0.1, 0.15) is 11.1 Å². The Morgan fingerprint density at radius 1 is 0.727 bits per heavy atom. The predicted molar refractivity (Wildman–Crippen MR) is 136 cm³/mol. The fraction of sp³-hybridized carbons (Fsp3) is 0.500. The van der Waals surface area contributed by atoms with E-state index in [0.29, 0.717) is 12.6 Å². The van der Waals surface area contributed by atoms with Crippen LogP contribution < -0.4 is 31.3 Å². The van der Waals surface area contributed by atoms with Gasteiger partial charge >= 0.3 is 33.3 Å². The van der Waals surface area contributed by atoms with Crippen molar-refractivity contribution in [2.75, 3.05) is 58.9 Å². The summed E-state index contributed by atoms with van der Waals surface area (Å²) >= 11 is 0.00694. The van der Waals surface area contributed by atoms with Gasteiger partial charge in [0.1, 0.15) is 12.4 Å². The molecule has 1 saturated heterocycles. The van der Waals surface area contributed by atoms with Gasteiger partial charge in [-0.25, -0.2) is 0 Å². The molecule has 1 aliphatic heterocycles. The molecule has 1 atom stereocenters. The number of rotatable bonds is 5. The summed E-state index contributed by atoms with van der Waals surface area (Å²) in [6.45, 7) is 9.53. The van der Waals surface area contributed by atoms with Crippen LogP contribution in [0.2, 0.25) is 0 Å². The Morgan fingerprint density at radius 3 is 1.97 bits per heavy atom. The van der Waals surface area contributed by atoms with Gasteiger partial charge in [-0.3, -0.25) is 0 Å². The quantitative estimate of drug-likeness (QED) is 0.378. The number of hydrogen-bond donors (Lipinski definition) is 5. The van der Waals surface area contributed by atoms with E-state index in [2.05, 4.69) is 56.9 Å². The summed E-state index contributed by atoms with van der Waals surface area (Å²) in [7, 11) is 9.59. The molecule has 2 aromatic carbocycles. The van der Waals surface area contributed by atoms with Crippen molar-refractivity contribution in [1.29, 1.82) is 0 Å². The van der Waals surface area contributed by atoms with Crippen molar-refractivity contribution < 1.29 is 17.9 Å². The van der Waals surface area contributed by atoms with Gasteiger partial charge in [-0.15, -0.1) is 0 Å². The van der Waals surface area contributed by atoms with E-state index in [0.717, 1.165) is 71.1 Å². The Morgan fingerprint density at radius 2 is 1.30 bits per heavy atom. The third kappa shape index (κ3) is 14.2. The molecule has 185 valence electrons. The zero-order valence-corrected chi connectivity index (χ0v) is 21.8. The molecule has 1 fully saturated rings. The second-order valence-corrected chi connectivity index (χ2v) is 9.73. The minimum absolute atomic E-state index is 0.00694. The van der Waals surface area contributed by atoms with Crippen molar-refractivity contribution in [3.8, 4) is 5.75 Å². The van der Waals surface area contributed by atoms with Crippen molar-refractivity contribution in [2.24, 2.45) is 0 Å². The maximum absolute atomic E-state index is 6.01. The predicted octanol–water partition coefficient (Wildman–Crippen LogP) is 2.51. The molecule has 0 radical (unpaired) electrons. The maximum Gasteiger partial charge on any atom is 0.120 e. The van der Waals surface area contributed by atoms with Gasteiger partial charge in [-0.1, -0.05) is 42.5 Å². The second kappa shape index (κ2) is 19.4. The van der Waals surface area contributed by atoms with E-state index < -0.39 is 0 Å². The smallest absolute Gasteiger partial charge is 0.120 e. The van der Waals surface area contributed by atoms with Crippen molar-refractivity contribution in [1.82, 2.24) is 26.6 Å². The van der Waals surface area contributed by atoms with E-state index in [4.69, 9.17) is 24.9 Å². The maximum atomic E-state index is 6.01. The zero-order chi connectivity index (χ0) is 23.4. The number of hydrogen-bond acceptors (Lipinski definition) is 6. The number of ether oxygens (including phenoxy) is 1. The molecular formula is C24H37Cl2MnN5O. The van der Waals surface area contributed by atoms with Crippen LogP contribution in [0, 0.1) is 0 Å². The Hall–Kier alpha value is -0.861. The van der Waals surface area contributed by atoms with Crippen molar-refractivity contribution in [3.63, 3.8) is 0 Å². The summed E-state index contributed by atoms with van der Waals surface area (Å²) in [5.41, 5.74) is 2.49. The van der Waals surface area contributed by atoms with Gasteiger partial charge in [0.2, 0.25) is 0 Å². The van der Waals surface area contributed by atoms with Crippen LogP contribution in [-0.4, -0.2) is 64.9 Å². The molecule has 3 rings (SSSR count). The summed E-state index contributed by atoms with van der Waals surface area (Å²) in [5.74, 6) is 0.930. The Balaban J connectivity index is 0.00000122. The first-order valence-corrected chi connectivity index (χ1v) is 14.8. The number of benzene rings is 2. The minimum atomic E-state index is 0.00694. The van der Waals surface area contributed by atoms with Crippen molar-refractivity contribution in [3.05, 3.63) is 65.7 Å². The molecule has 0 amide bonds. The molecule has 0 aliphatic carbocycles. The Labute approximate surface area is 213 Å². The third-order valence-corrected chi connectivity index (χ3v) is 5.19.